The molecule has 5 heteroatoms. The van der Waals surface area contributed by atoms with Crippen LogP contribution in [0.5, 0.6) is 0 Å². The van der Waals surface area contributed by atoms with E-state index in [4.69, 9.17) is 5.11 Å². The van der Waals surface area contributed by atoms with E-state index in [1.54, 1.807) is 12.1 Å². The van der Waals surface area contributed by atoms with Gasteiger partial charge in [-0.2, -0.15) is 0 Å². The predicted octanol–water partition coefficient (Wildman–Crippen LogP) is 1.28. The van der Waals surface area contributed by atoms with Crippen molar-refractivity contribution in [2.75, 3.05) is 18.1 Å². The van der Waals surface area contributed by atoms with E-state index in [-0.39, 0.29) is 18.8 Å². The third-order valence-electron chi connectivity index (χ3n) is 2.79. The monoisotopic (exact) mass is 270 g/mol. The molecule has 0 aliphatic carbocycles. The average molecular weight is 270 g/mol. The zero-order valence-corrected chi connectivity index (χ0v) is 11.5. The van der Waals surface area contributed by atoms with Gasteiger partial charge in [-0.05, 0) is 37.5 Å². The second kappa shape index (κ2) is 6.11. The molecule has 0 saturated heterocycles. The Balaban J connectivity index is 2.79. The molecule has 0 aliphatic rings. The molecule has 1 N–H and O–H groups in total. The highest BCUT2D eigenvalue weighted by molar-refractivity contribution is 7.92. The molecule has 1 rings (SSSR count). The standard InChI is InChI=1S/C13H18O4S/c1-10-4-5-12(8-11(10)2)13(15)9-18(16,17)7-3-6-14/h4-5,8,14H,3,6-7,9H2,1-2H3. The summed E-state index contributed by atoms with van der Waals surface area (Å²) in [6.07, 6.45) is 0.169. The third kappa shape index (κ3) is 4.23. The summed E-state index contributed by atoms with van der Waals surface area (Å²) in [5, 5.41) is 8.60. The van der Waals surface area contributed by atoms with Crippen LogP contribution in [-0.4, -0.2) is 37.4 Å². The van der Waals surface area contributed by atoms with Gasteiger partial charge in [0.25, 0.3) is 0 Å². The maximum Gasteiger partial charge on any atom is 0.177 e. The summed E-state index contributed by atoms with van der Waals surface area (Å²) in [7, 11) is -3.42. The fraction of sp³-hybridized carbons (Fsp3) is 0.462. The number of aliphatic hydroxyl groups excluding tert-OH is 1. The van der Waals surface area contributed by atoms with E-state index in [0.717, 1.165) is 11.1 Å². The third-order valence-corrected chi connectivity index (χ3v) is 4.41. The summed E-state index contributed by atoms with van der Waals surface area (Å²) in [4.78, 5) is 11.8. The van der Waals surface area contributed by atoms with Crippen LogP contribution in [0.2, 0.25) is 0 Å². The predicted molar refractivity (Wildman–Crippen MR) is 70.6 cm³/mol. The van der Waals surface area contributed by atoms with Gasteiger partial charge >= 0.3 is 0 Å². The van der Waals surface area contributed by atoms with Gasteiger partial charge in [-0.1, -0.05) is 12.1 Å². The van der Waals surface area contributed by atoms with E-state index in [2.05, 4.69) is 0 Å². The Bertz CT molecular complexity index is 532. The lowest BCUT2D eigenvalue weighted by molar-refractivity contribution is 0.102. The molecule has 100 valence electrons. The number of benzene rings is 1. The normalized spacial score (nSPS) is 11.5. The van der Waals surface area contributed by atoms with E-state index in [1.807, 2.05) is 19.9 Å². The van der Waals surface area contributed by atoms with Crippen molar-refractivity contribution in [2.24, 2.45) is 0 Å². The first-order valence-corrected chi connectivity index (χ1v) is 7.59. The summed E-state index contributed by atoms with van der Waals surface area (Å²) >= 11 is 0. The molecule has 0 bridgehead atoms. The van der Waals surface area contributed by atoms with Gasteiger partial charge in [-0.3, -0.25) is 4.79 Å². The smallest absolute Gasteiger partial charge is 0.177 e. The number of carbonyl (C=O) groups excluding carboxylic acids is 1. The number of carbonyl (C=O) groups is 1. The number of sulfone groups is 1. The van der Waals surface area contributed by atoms with Crippen LogP contribution < -0.4 is 0 Å². The van der Waals surface area contributed by atoms with E-state index in [1.165, 1.54) is 0 Å². The van der Waals surface area contributed by atoms with Gasteiger partial charge in [0.05, 0.1) is 5.75 Å². The Kier molecular flexibility index (Phi) is 5.04. The number of aliphatic hydroxyl groups is 1. The molecular weight excluding hydrogens is 252 g/mol. The van der Waals surface area contributed by atoms with Gasteiger partial charge in [0.15, 0.2) is 15.6 Å². The summed E-state index contributed by atoms with van der Waals surface area (Å²) < 4.78 is 23.2. The maximum atomic E-state index is 11.8. The van der Waals surface area contributed by atoms with Crippen molar-refractivity contribution in [2.45, 2.75) is 20.3 Å². The van der Waals surface area contributed by atoms with Crippen molar-refractivity contribution in [3.05, 3.63) is 34.9 Å². The Labute approximate surface area is 108 Å². The van der Waals surface area contributed by atoms with Crippen LogP contribution in [0.15, 0.2) is 18.2 Å². The lowest BCUT2D eigenvalue weighted by Crippen LogP contribution is -2.19. The van der Waals surface area contributed by atoms with Crippen molar-refractivity contribution in [3.8, 4) is 0 Å². The number of aryl methyl sites for hydroxylation is 2. The number of ketones is 1. The Morgan fingerprint density at radius 2 is 1.89 bits per heavy atom. The average Bonchev–Trinajstić information content (AvgIpc) is 2.29. The van der Waals surface area contributed by atoms with Crippen LogP contribution in [0.4, 0.5) is 0 Å². The van der Waals surface area contributed by atoms with E-state index < -0.39 is 21.4 Å². The first-order chi connectivity index (χ1) is 8.35. The molecule has 0 aliphatic heterocycles. The quantitative estimate of drug-likeness (QED) is 0.790. The first-order valence-electron chi connectivity index (χ1n) is 5.77. The van der Waals surface area contributed by atoms with Crippen LogP contribution in [-0.2, 0) is 9.84 Å². The zero-order chi connectivity index (χ0) is 13.8. The number of hydrogen-bond donors (Lipinski definition) is 1. The van der Waals surface area contributed by atoms with Crippen molar-refractivity contribution in [1.82, 2.24) is 0 Å². The second-order valence-electron chi connectivity index (χ2n) is 4.39. The van der Waals surface area contributed by atoms with E-state index in [9.17, 15) is 13.2 Å². The SMILES string of the molecule is Cc1ccc(C(=O)CS(=O)(=O)CCCO)cc1C. The molecule has 0 amide bonds. The Hall–Kier alpha value is -1.20. The molecule has 1 aromatic carbocycles. The molecule has 18 heavy (non-hydrogen) atoms. The van der Waals surface area contributed by atoms with Crippen LogP contribution in [0.1, 0.15) is 27.9 Å². The van der Waals surface area contributed by atoms with Crippen LogP contribution in [0.3, 0.4) is 0 Å². The van der Waals surface area contributed by atoms with E-state index in [0.29, 0.717) is 5.56 Å². The van der Waals surface area contributed by atoms with Gasteiger partial charge in [-0.25, -0.2) is 8.42 Å². The molecular formula is C13H18O4S. The van der Waals surface area contributed by atoms with Gasteiger partial charge in [0, 0.05) is 12.2 Å². The molecule has 0 saturated carbocycles. The van der Waals surface area contributed by atoms with Gasteiger partial charge in [0.2, 0.25) is 0 Å². The fourth-order valence-corrected chi connectivity index (χ4v) is 2.83. The summed E-state index contributed by atoms with van der Waals surface area (Å²) in [6.45, 7) is 3.63. The summed E-state index contributed by atoms with van der Waals surface area (Å²) in [5.41, 5.74) is 2.45. The maximum absolute atomic E-state index is 11.8. The summed E-state index contributed by atoms with van der Waals surface area (Å²) in [6, 6.07) is 5.16. The van der Waals surface area contributed by atoms with Crippen LogP contribution >= 0.6 is 0 Å². The van der Waals surface area contributed by atoms with Gasteiger partial charge in [-0.15, -0.1) is 0 Å². The van der Waals surface area contributed by atoms with Crippen molar-refractivity contribution >= 4 is 15.6 Å². The Morgan fingerprint density at radius 3 is 2.44 bits per heavy atom. The number of Topliss-reactive ketones (excluding diaryl/α,β-unsaturated/α-hetero) is 1. The number of hydrogen-bond acceptors (Lipinski definition) is 4. The van der Waals surface area contributed by atoms with E-state index >= 15 is 0 Å². The largest absolute Gasteiger partial charge is 0.396 e. The van der Waals surface area contributed by atoms with Gasteiger partial charge < -0.3 is 5.11 Å². The molecule has 0 spiro atoms. The molecule has 0 unspecified atom stereocenters. The Morgan fingerprint density at radius 1 is 1.22 bits per heavy atom. The second-order valence-corrected chi connectivity index (χ2v) is 6.58. The molecule has 0 fully saturated rings. The van der Waals surface area contributed by atoms with Crippen molar-refractivity contribution < 1.29 is 18.3 Å². The van der Waals surface area contributed by atoms with Crippen molar-refractivity contribution in [3.63, 3.8) is 0 Å². The molecule has 1 aromatic rings. The summed E-state index contributed by atoms with van der Waals surface area (Å²) in [5.74, 6) is -1.04. The highest BCUT2D eigenvalue weighted by Gasteiger charge is 2.17. The minimum Gasteiger partial charge on any atom is -0.396 e. The van der Waals surface area contributed by atoms with Gasteiger partial charge in [0.1, 0.15) is 5.75 Å². The highest BCUT2D eigenvalue weighted by Crippen LogP contribution is 2.11. The molecule has 0 radical (unpaired) electrons. The topological polar surface area (TPSA) is 71.4 Å². The lowest BCUT2D eigenvalue weighted by Gasteiger charge is -2.05. The number of rotatable bonds is 6. The van der Waals surface area contributed by atoms with Crippen molar-refractivity contribution in [1.29, 1.82) is 0 Å². The molecule has 0 atom stereocenters. The fourth-order valence-electron chi connectivity index (χ4n) is 1.55. The minimum atomic E-state index is -3.42. The minimum absolute atomic E-state index is 0.153. The zero-order valence-electron chi connectivity index (χ0n) is 10.6. The lowest BCUT2D eigenvalue weighted by atomic mass is 10.0. The highest BCUT2D eigenvalue weighted by atomic mass is 32.2. The molecule has 4 nitrogen and oxygen atoms in total. The molecule has 0 heterocycles. The van der Waals surface area contributed by atoms with Crippen LogP contribution in [0.25, 0.3) is 0 Å². The molecule has 0 aromatic heterocycles. The first kappa shape index (κ1) is 14.9. The van der Waals surface area contributed by atoms with Crippen LogP contribution in [0, 0.1) is 13.8 Å².